The Morgan fingerprint density at radius 2 is 1.74 bits per heavy atom. The Morgan fingerprint density at radius 1 is 0.971 bits per heavy atom. The number of hydrogen-bond donors (Lipinski definition) is 1. The Bertz CT molecular complexity index is 1340. The number of carbonyl (C=O) groups is 1. The van der Waals surface area contributed by atoms with E-state index in [1.165, 1.54) is 16.9 Å². The lowest BCUT2D eigenvalue weighted by Crippen LogP contribution is -2.48. The fraction of sp³-hybridized carbons (Fsp3) is 0.346. The zero-order valence-electron chi connectivity index (χ0n) is 19.1. The minimum absolute atomic E-state index is 0.175. The highest BCUT2D eigenvalue weighted by molar-refractivity contribution is 7.15. The van der Waals surface area contributed by atoms with Crippen LogP contribution in [0.3, 0.4) is 0 Å². The summed E-state index contributed by atoms with van der Waals surface area (Å²) in [7, 11) is 0. The van der Waals surface area contributed by atoms with Gasteiger partial charge in [-0.1, -0.05) is 12.1 Å². The first-order valence-electron chi connectivity index (χ1n) is 12.0. The number of aryl methyl sites for hydroxylation is 1. The number of nitrogens with zero attached hydrogens (tertiary/aromatic N) is 5. The lowest BCUT2D eigenvalue weighted by Gasteiger charge is -2.34. The van der Waals surface area contributed by atoms with Crippen LogP contribution >= 0.6 is 11.3 Å². The van der Waals surface area contributed by atoms with E-state index in [2.05, 4.69) is 14.5 Å². The van der Waals surface area contributed by atoms with Crippen molar-refractivity contribution in [1.29, 1.82) is 0 Å². The van der Waals surface area contributed by atoms with Crippen LogP contribution < -0.4 is 5.73 Å². The molecule has 34 heavy (non-hydrogen) atoms. The lowest BCUT2D eigenvalue weighted by molar-refractivity contribution is 0.0625. The smallest absolute Gasteiger partial charge is 0.257 e. The monoisotopic (exact) mass is 472 g/mol. The minimum atomic E-state index is 0.175. The largest absolute Gasteiger partial charge is 0.383 e. The third-order valence-electron chi connectivity index (χ3n) is 6.91. The average Bonchev–Trinajstić information content (AvgIpc) is 3.52. The number of carbonyl (C=O) groups excluding carboxylic acids is 1. The highest BCUT2D eigenvalue weighted by Crippen LogP contribution is 2.37. The summed E-state index contributed by atoms with van der Waals surface area (Å²) in [6.45, 7) is 3.65. The van der Waals surface area contributed by atoms with Crippen LogP contribution in [0.2, 0.25) is 0 Å². The van der Waals surface area contributed by atoms with Crippen molar-refractivity contribution in [2.24, 2.45) is 0 Å². The minimum Gasteiger partial charge on any atom is -0.383 e. The van der Waals surface area contributed by atoms with E-state index in [-0.39, 0.29) is 5.91 Å². The molecule has 4 aromatic rings. The topological polar surface area (TPSA) is 80.3 Å². The maximum Gasteiger partial charge on any atom is 0.257 e. The molecule has 8 heteroatoms. The number of nitrogens with two attached hydrogens (primary N) is 1. The molecule has 2 aliphatic rings. The Balaban J connectivity index is 1.19. The van der Waals surface area contributed by atoms with Gasteiger partial charge in [-0.2, -0.15) is 0 Å². The number of piperazine rings is 1. The molecule has 0 atom stereocenters. The van der Waals surface area contributed by atoms with Gasteiger partial charge in [0, 0.05) is 48.8 Å². The molecule has 1 aliphatic heterocycles. The maximum atomic E-state index is 13.8. The number of anilines is 1. The van der Waals surface area contributed by atoms with Gasteiger partial charge in [0.2, 0.25) is 0 Å². The van der Waals surface area contributed by atoms with Crippen LogP contribution in [0.15, 0.2) is 48.8 Å². The van der Waals surface area contributed by atoms with E-state index in [9.17, 15) is 4.79 Å². The van der Waals surface area contributed by atoms with Gasteiger partial charge >= 0.3 is 0 Å². The molecule has 0 saturated carbocycles. The van der Waals surface area contributed by atoms with E-state index < -0.39 is 0 Å². The molecule has 6 rings (SSSR count). The first-order valence-corrected chi connectivity index (χ1v) is 12.8. The van der Waals surface area contributed by atoms with Crippen LogP contribution in [0.1, 0.15) is 39.5 Å². The van der Waals surface area contributed by atoms with E-state index >= 15 is 0 Å². The number of rotatable bonds is 4. The van der Waals surface area contributed by atoms with Crippen LogP contribution in [0.25, 0.3) is 15.9 Å². The Hall–Kier alpha value is -3.23. The van der Waals surface area contributed by atoms with Crippen molar-refractivity contribution in [2.75, 3.05) is 31.9 Å². The van der Waals surface area contributed by atoms with Crippen LogP contribution in [0, 0.1) is 0 Å². The third-order valence-corrected chi connectivity index (χ3v) is 8.21. The van der Waals surface area contributed by atoms with Gasteiger partial charge in [-0.25, -0.2) is 9.97 Å². The molecule has 0 spiro atoms. The van der Waals surface area contributed by atoms with Crippen molar-refractivity contribution in [3.8, 4) is 5.00 Å². The summed E-state index contributed by atoms with van der Waals surface area (Å²) >= 11 is 1.79. The molecule has 1 aromatic carbocycles. The number of benzene rings is 1. The number of hydrogen-bond acceptors (Lipinski definition) is 6. The SMILES string of the molecule is Nc1nc(CN2CCN(C(=O)c3c(-n4cccc4)sc4c3CCCC4)CC2)nc2ccccc12. The van der Waals surface area contributed by atoms with E-state index in [0.717, 1.165) is 59.6 Å². The van der Waals surface area contributed by atoms with Crippen molar-refractivity contribution < 1.29 is 4.79 Å². The molecule has 0 bridgehead atoms. The van der Waals surface area contributed by atoms with Gasteiger partial charge in [0.25, 0.3) is 5.91 Å². The highest BCUT2D eigenvalue weighted by Gasteiger charge is 2.31. The van der Waals surface area contributed by atoms with Crippen molar-refractivity contribution in [1.82, 2.24) is 24.3 Å². The zero-order valence-corrected chi connectivity index (χ0v) is 19.9. The number of aromatic nitrogens is 3. The standard InChI is InChI=1S/C26H28N6OS/c27-24-18-7-1-3-9-20(18)28-22(29-24)17-30-13-15-31(16-14-30)25(33)23-19-8-2-4-10-21(19)34-26(23)32-11-5-6-12-32/h1,3,5-7,9,11-12H,2,4,8,10,13-17H2,(H2,27,28,29). The Morgan fingerprint density at radius 3 is 2.56 bits per heavy atom. The molecule has 1 fully saturated rings. The summed E-state index contributed by atoms with van der Waals surface area (Å²) in [5, 5.41) is 1.96. The molecule has 3 aromatic heterocycles. The highest BCUT2D eigenvalue weighted by atomic mass is 32.1. The van der Waals surface area contributed by atoms with Crippen molar-refractivity contribution in [3.63, 3.8) is 0 Å². The van der Waals surface area contributed by atoms with Gasteiger partial charge in [-0.15, -0.1) is 11.3 Å². The number of para-hydroxylation sites is 1. The van der Waals surface area contributed by atoms with Gasteiger partial charge in [-0.3, -0.25) is 9.69 Å². The molecule has 2 N–H and O–H groups in total. The first-order chi connectivity index (χ1) is 16.7. The second-order valence-corrected chi connectivity index (χ2v) is 10.2. The van der Waals surface area contributed by atoms with Crippen molar-refractivity contribution in [3.05, 3.63) is 70.6 Å². The average molecular weight is 473 g/mol. The van der Waals surface area contributed by atoms with E-state index in [0.29, 0.717) is 25.5 Å². The van der Waals surface area contributed by atoms with Gasteiger partial charge in [-0.05, 0) is 55.5 Å². The summed E-state index contributed by atoms with van der Waals surface area (Å²) in [6, 6.07) is 11.9. The summed E-state index contributed by atoms with van der Waals surface area (Å²) in [4.78, 5) is 28.7. The Labute approximate surface area is 202 Å². The normalized spacial score (nSPS) is 16.6. The quantitative estimate of drug-likeness (QED) is 0.487. The number of fused-ring (bicyclic) bond motifs is 2. The first kappa shape index (κ1) is 21.3. The third kappa shape index (κ3) is 3.86. The summed E-state index contributed by atoms with van der Waals surface area (Å²) in [5.74, 6) is 1.43. The number of amides is 1. The summed E-state index contributed by atoms with van der Waals surface area (Å²) in [5.41, 5.74) is 9.25. The van der Waals surface area contributed by atoms with Gasteiger partial charge in [0.15, 0.2) is 0 Å². The van der Waals surface area contributed by atoms with Gasteiger partial charge < -0.3 is 15.2 Å². The maximum absolute atomic E-state index is 13.8. The van der Waals surface area contributed by atoms with Crippen LogP contribution in [-0.4, -0.2) is 56.4 Å². The molecule has 7 nitrogen and oxygen atoms in total. The fourth-order valence-electron chi connectivity index (χ4n) is 5.11. The van der Waals surface area contributed by atoms with Gasteiger partial charge in [0.1, 0.15) is 16.6 Å². The van der Waals surface area contributed by atoms with Crippen molar-refractivity contribution >= 4 is 34.0 Å². The molecule has 0 radical (unpaired) electrons. The summed E-state index contributed by atoms with van der Waals surface area (Å²) in [6.07, 6.45) is 8.56. The zero-order chi connectivity index (χ0) is 23.1. The van der Waals surface area contributed by atoms with Crippen LogP contribution in [-0.2, 0) is 19.4 Å². The lowest BCUT2D eigenvalue weighted by atomic mass is 9.95. The second-order valence-electron chi connectivity index (χ2n) is 9.09. The molecule has 174 valence electrons. The fourth-order valence-corrected chi connectivity index (χ4v) is 6.46. The molecule has 4 heterocycles. The molecular weight excluding hydrogens is 444 g/mol. The molecular formula is C26H28N6OS. The summed E-state index contributed by atoms with van der Waals surface area (Å²) < 4.78 is 2.11. The second kappa shape index (κ2) is 8.85. The van der Waals surface area contributed by atoms with Crippen LogP contribution in [0.4, 0.5) is 5.82 Å². The van der Waals surface area contributed by atoms with E-state index in [1.54, 1.807) is 11.3 Å². The Kier molecular flexibility index (Phi) is 5.55. The predicted octanol–water partition coefficient (Wildman–Crippen LogP) is 3.90. The molecule has 0 unspecified atom stereocenters. The molecule has 1 amide bonds. The number of nitrogen functional groups attached to an aromatic ring is 1. The van der Waals surface area contributed by atoms with Crippen LogP contribution in [0.5, 0.6) is 0 Å². The van der Waals surface area contributed by atoms with Crippen molar-refractivity contribution in [2.45, 2.75) is 32.2 Å². The van der Waals surface area contributed by atoms with E-state index in [4.69, 9.17) is 10.7 Å². The molecule has 1 saturated heterocycles. The van der Waals surface area contributed by atoms with E-state index in [1.807, 2.05) is 53.7 Å². The molecule has 1 aliphatic carbocycles. The van der Waals surface area contributed by atoms with Gasteiger partial charge in [0.05, 0.1) is 17.6 Å². The predicted molar refractivity (Wildman–Crippen MR) is 135 cm³/mol. The number of thiophene rings is 1.